The molecule has 1 heterocycles. The summed E-state index contributed by atoms with van der Waals surface area (Å²) in [5.41, 5.74) is 6.59. The first-order chi connectivity index (χ1) is 8.78. The molecule has 1 aromatic carbocycles. The summed E-state index contributed by atoms with van der Waals surface area (Å²) < 4.78 is 11.1. The van der Waals surface area contributed by atoms with Gasteiger partial charge in [0.2, 0.25) is 0 Å². The van der Waals surface area contributed by atoms with E-state index >= 15 is 0 Å². The number of anilines is 1. The van der Waals surface area contributed by atoms with Crippen LogP contribution in [0.5, 0.6) is 11.5 Å². The zero-order valence-electron chi connectivity index (χ0n) is 10.2. The highest BCUT2D eigenvalue weighted by molar-refractivity contribution is 5.90. The lowest BCUT2D eigenvalue weighted by atomic mass is 10.2. The number of hydrogen-bond acceptors (Lipinski definition) is 5. The average Bonchev–Trinajstić information content (AvgIpc) is 3.20. The number of ether oxygens (including phenoxy) is 2. The zero-order valence-corrected chi connectivity index (χ0v) is 10.2. The molecule has 0 spiro atoms. The third-order valence-electron chi connectivity index (χ3n) is 3.12. The molecule has 1 aromatic heterocycles. The Morgan fingerprint density at radius 3 is 2.83 bits per heavy atom. The van der Waals surface area contributed by atoms with Gasteiger partial charge in [0, 0.05) is 11.5 Å². The molecule has 5 nitrogen and oxygen atoms in total. The lowest BCUT2D eigenvalue weighted by molar-refractivity contribution is 0.281. The Morgan fingerprint density at radius 2 is 2.11 bits per heavy atom. The number of rotatable bonds is 4. The van der Waals surface area contributed by atoms with E-state index in [9.17, 15) is 0 Å². The minimum Gasteiger partial charge on any atom is -0.493 e. The number of nitrogen functional groups attached to an aromatic ring is 1. The van der Waals surface area contributed by atoms with Gasteiger partial charge in [0.25, 0.3) is 0 Å². The fourth-order valence-electron chi connectivity index (χ4n) is 1.85. The summed E-state index contributed by atoms with van der Waals surface area (Å²) in [6.45, 7) is 0.739. The van der Waals surface area contributed by atoms with Gasteiger partial charge in [0.05, 0.1) is 19.2 Å². The smallest absolute Gasteiger partial charge is 0.163 e. The Kier molecular flexibility index (Phi) is 2.66. The molecule has 1 saturated carbocycles. The Balaban J connectivity index is 2.00. The lowest BCUT2D eigenvalue weighted by Crippen LogP contribution is -2.02. The van der Waals surface area contributed by atoms with Crippen LogP contribution in [-0.4, -0.2) is 23.7 Å². The predicted octanol–water partition coefficient (Wildman–Crippen LogP) is 2.01. The van der Waals surface area contributed by atoms with E-state index in [0.717, 1.165) is 23.3 Å². The molecule has 0 saturated heterocycles. The van der Waals surface area contributed by atoms with Crippen LogP contribution in [0, 0.1) is 5.92 Å². The Hall–Kier alpha value is -2.04. The van der Waals surface area contributed by atoms with E-state index in [0.29, 0.717) is 17.5 Å². The van der Waals surface area contributed by atoms with Crippen LogP contribution in [0.3, 0.4) is 0 Å². The first-order valence-electron chi connectivity index (χ1n) is 5.99. The van der Waals surface area contributed by atoms with Crippen LogP contribution in [0.2, 0.25) is 0 Å². The fraction of sp³-hybridized carbons (Fsp3) is 0.385. The van der Waals surface area contributed by atoms with Gasteiger partial charge in [0.15, 0.2) is 11.5 Å². The summed E-state index contributed by atoms with van der Waals surface area (Å²) in [5, 5.41) is 0.785. The maximum Gasteiger partial charge on any atom is 0.163 e. The number of nitrogens with two attached hydrogens (primary N) is 1. The van der Waals surface area contributed by atoms with Gasteiger partial charge in [-0.1, -0.05) is 0 Å². The van der Waals surface area contributed by atoms with Gasteiger partial charge in [-0.05, 0) is 24.8 Å². The molecule has 3 rings (SSSR count). The number of methoxy groups -OCH3 is 1. The quantitative estimate of drug-likeness (QED) is 0.892. The number of benzene rings is 1. The van der Waals surface area contributed by atoms with Crippen molar-refractivity contribution in [3.05, 3.63) is 18.5 Å². The van der Waals surface area contributed by atoms with E-state index in [1.807, 2.05) is 12.1 Å². The summed E-state index contributed by atoms with van der Waals surface area (Å²) in [7, 11) is 1.62. The molecule has 1 aliphatic carbocycles. The Bertz CT molecular complexity index is 582. The molecule has 5 heteroatoms. The maximum absolute atomic E-state index is 5.81. The van der Waals surface area contributed by atoms with E-state index in [1.54, 1.807) is 7.11 Å². The maximum atomic E-state index is 5.81. The van der Waals surface area contributed by atoms with Gasteiger partial charge in [-0.25, -0.2) is 9.97 Å². The summed E-state index contributed by atoms with van der Waals surface area (Å²) in [6.07, 6.45) is 3.96. The van der Waals surface area contributed by atoms with E-state index in [4.69, 9.17) is 15.2 Å². The summed E-state index contributed by atoms with van der Waals surface area (Å²) >= 11 is 0. The summed E-state index contributed by atoms with van der Waals surface area (Å²) in [4.78, 5) is 8.16. The standard InChI is InChI=1S/C13H15N3O2/c1-17-11-4-9-10(15-7-16-13(9)14)5-12(11)18-6-8-2-3-8/h4-5,7-8H,2-3,6H2,1H3,(H2,14,15,16). The second-order valence-electron chi connectivity index (χ2n) is 4.53. The normalized spacial score (nSPS) is 14.7. The monoisotopic (exact) mass is 245 g/mol. The molecular weight excluding hydrogens is 230 g/mol. The number of aromatic nitrogens is 2. The van der Waals surface area contributed by atoms with Crippen molar-refractivity contribution in [2.24, 2.45) is 5.92 Å². The van der Waals surface area contributed by atoms with Crippen molar-refractivity contribution in [3.63, 3.8) is 0 Å². The third-order valence-corrected chi connectivity index (χ3v) is 3.12. The van der Waals surface area contributed by atoms with Crippen molar-refractivity contribution in [2.45, 2.75) is 12.8 Å². The molecule has 18 heavy (non-hydrogen) atoms. The highest BCUT2D eigenvalue weighted by atomic mass is 16.5. The van der Waals surface area contributed by atoms with Crippen LogP contribution >= 0.6 is 0 Å². The first kappa shape index (κ1) is 11.1. The molecule has 2 aromatic rings. The SMILES string of the molecule is COc1cc2c(N)ncnc2cc1OCC1CC1. The van der Waals surface area contributed by atoms with E-state index in [2.05, 4.69) is 9.97 Å². The van der Waals surface area contributed by atoms with E-state index < -0.39 is 0 Å². The molecule has 0 bridgehead atoms. The summed E-state index contributed by atoms with van der Waals surface area (Å²) in [5.74, 6) is 2.53. The van der Waals surface area contributed by atoms with Crippen LogP contribution in [0.4, 0.5) is 5.82 Å². The van der Waals surface area contributed by atoms with Crippen molar-refractivity contribution >= 4 is 16.7 Å². The lowest BCUT2D eigenvalue weighted by Gasteiger charge is -2.11. The van der Waals surface area contributed by atoms with Crippen LogP contribution in [0.15, 0.2) is 18.5 Å². The van der Waals surface area contributed by atoms with Crippen molar-refractivity contribution in [3.8, 4) is 11.5 Å². The molecular formula is C13H15N3O2. The minimum atomic E-state index is 0.451. The highest BCUT2D eigenvalue weighted by Gasteiger charge is 2.22. The molecule has 0 radical (unpaired) electrons. The van der Waals surface area contributed by atoms with Gasteiger partial charge < -0.3 is 15.2 Å². The van der Waals surface area contributed by atoms with E-state index in [1.165, 1.54) is 19.2 Å². The van der Waals surface area contributed by atoms with Crippen LogP contribution in [0.25, 0.3) is 10.9 Å². The van der Waals surface area contributed by atoms with Crippen LogP contribution in [0.1, 0.15) is 12.8 Å². The topological polar surface area (TPSA) is 70.3 Å². The number of fused-ring (bicyclic) bond motifs is 1. The average molecular weight is 245 g/mol. The highest BCUT2D eigenvalue weighted by Crippen LogP contribution is 2.35. The predicted molar refractivity (Wildman–Crippen MR) is 68.7 cm³/mol. The second kappa shape index (κ2) is 4.33. The largest absolute Gasteiger partial charge is 0.493 e. The van der Waals surface area contributed by atoms with Gasteiger partial charge in [-0.3, -0.25) is 0 Å². The van der Waals surface area contributed by atoms with Crippen molar-refractivity contribution < 1.29 is 9.47 Å². The molecule has 0 aliphatic heterocycles. The second-order valence-corrected chi connectivity index (χ2v) is 4.53. The number of hydrogen-bond donors (Lipinski definition) is 1. The van der Waals surface area contributed by atoms with Crippen molar-refractivity contribution in [2.75, 3.05) is 19.5 Å². The van der Waals surface area contributed by atoms with Gasteiger partial charge in [0.1, 0.15) is 12.1 Å². The van der Waals surface area contributed by atoms with Gasteiger partial charge >= 0.3 is 0 Å². The zero-order chi connectivity index (χ0) is 12.5. The van der Waals surface area contributed by atoms with Gasteiger partial charge in [-0.2, -0.15) is 0 Å². The van der Waals surface area contributed by atoms with Crippen LogP contribution in [-0.2, 0) is 0 Å². The van der Waals surface area contributed by atoms with Crippen molar-refractivity contribution in [1.82, 2.24) is 9.97 Å². The minimum absolute atomic E-state index is 0.451. The molecule has 0 unspecified atom stereocenters. The molecule has 1 fully saturated rings. The molecule has 94 valence electrons. The Labute approximate surface area is 105 Å². The van der Waals surface area contributed by atoms with Crippen LogP contribution < -0.4 is 15.2 Å². The van der Waals surface area contributed by atoms with Crippen molar-refractivity contribution in [1.29, 1.82) is 0 Å². The third kappa shape index (κ3) is 2.03. The molecule has 0 amide bonds. The molecule has 1 aliphatic rings. The Morgan fingerprint density at radius 1 is 1.28 bits per heavy atom. The first-order valence-corrected chi connectivity index (χ1v) is 5.99. The van der Waals surface area contributed by atoms with E-state index in [-0.39, 0.29) is 0 Å². The number of nitrogens with zero attached hydrogens (tertiary/aromatic N) is 2. The van der Waals surface area contributed by atoms with Gasteiger partial charge in [-0.15, -0.1) is 0 Å². The molecule has 0 atom stereocenters. The summed E-state index contributed by atoms with van der Waals surface area (Å²) in [6, 6.07) is 3.68. The fourth-order valence-corrected chi connectivity index (χ4v) is 1.85. The molecule has 2 N–H and O–H groups in total.